The smallest absolute Gasteiger partial charge is 0.239 e. The minimum Gasteiger partial charge on any atom is -0.490 e. The number of carbonyl (C=O) groups excluding carboxylic acids is 1. The molecule has 0 aliphatic heterocycles. The fourth-order valence-electron chi connectivity index (χ4n) is 2.45. The molecule has 7 heteroatoms. The summed E-state index contributed by atoms with van der Waals surface area (Å²) in [5, 5.41) is 9.23. The van der Waals surface area contributed by atoms with Gasteiger partial charge < -0.3 is 25.4 Å². The maximum absolute atomic E-state index is 12.0. The molecule has 0 fully saturated rings. The monoisotopic (exact) mass is 378 g/mol. The van der Waals surface area contributed by atoms with Crippen molar-refractivity contribution in [2.45, 2.75) is 53.1 Å². The molecule has 0 heterocycles. The first-order valence-corrected chi connectivity index (χ1v) is 9.37. The van der Waals surface area contributed by atoms with Gasteiger partial charge in [0.25, 0.3) is 0 Å². The number of ether oxygens (including phenoxy) is 2. The first kappa shape index (κ1) is 22.6. The van der Waals surface area contributed by atoms with Gasteiger partial charge in [-0.1, -0.05) is 6.07 Å². The minimum atomic E-state index is -0.263. The van der Waals surface area contributed by atoms with Crippen LogP contribution in [0.25, 0.3) is 0 Å². The molecule has 1 unspecified atom stereocenters. The van der Waals surface area contributed by atoms with E-state index in [-0.39, 0.29) is 24.0 Å². The third-order valence-corrected chi connectivity index (χ3v) is 3.58. The Morgan fingerprint density at radius 3 is 2.33 bits per heavy atom. The van der Waals surface area contributed by atoms with Crippen LogP contribution in [0.2, 0.25) is 0 Å². The van der Waals surface area contributed by atoms with Crippen molar-refractivity contribution in [1.82, 2.24) is 16.0 Å². The van der Waals surface area contributed by atoms with Gasteiger partial charge in [-0.15, -0.1) is 0 Å². The molecular weight excluding hydrogens is 344 g/mol. The summed E-state index contributed by atoms with van der Waals surface area (Å²) in [5.41, 5.74) is 0.769. The molecule has 0 bridgehead atoms. The summed E-state index contributed by atoms with van der Waals surface area (Å²) < 4.78 is 11.3. The van der Waals surface area contributed by atoms with E-state index in [0.29, 0.717) is 19.2 Å². The van der Waals surface area contributed by atoms with Crippen LogP contribution in [0, 0.1) is 0 Å². The molecular formula is C20H34N4O3. The fourth-order valence-corrected chi connectivity index (χ4v) is 2.45. The predicted molar refractivity (Wildman–Crippen MR) is 110 cm³/mol. The minimum absolute atomic E-state index is 0.0308. The van der Waals surface area contributed by atoms with Crippen LogP contribution in [-0.2, 0) is 4.79 Å². The first-order valence-electron chi connectivity index (χ1n) is 9.37. The number of carbonyl (C=O) groups is 1. The molecule has 0 saturated heterocycles. The van der Waals surface area contributed by atoms with Gasteiger partial charge in [0.05, 0.1) is 25.8 Å². The van der Waals surface area contributed by atoms with Crippen molar-refractivity contribution in [2.24, 2.45) is 4.99 Å². The maximum atomic E-state index is 12.0. The van der Waals surface area contributed by atoms with Crippen molar-refractivity contribution < 1.29 is 14.3 Å². The van der Waals surface area contributed by atoms with Crippen molar-refractivity contribution in [3.63, 3.8) is 0 Å². The van der Waals surface area contributed by atoms with E-state index >= 15 is 0 Å². The Balaban J connectivity index is 2.73. The van der Waals surface area contributed by atoms with Crippen LogP contribution >= 0.6 is 0 Å². The predicted octanol–water partition coefficient (Wildman–Crippen LogP) is 2.62. The van der Waals surface area contributed by atoms with E-state index in [4.69, 9.17) is 9.47 Å². The topological polar surface area (TPSA) is 84.0 Å². The molecule has 0 aliphatic carbocycles. The van der Waals surface area contributed by atoms with E-state index in [1.807, 2.05) is 59.7 Å². The lowest BCUT2D eigenvalue weighted by molar-refractivity contribution is -0.121. The zero-order valence-electron chi connectivity index (χ0n) is 17.6. The van der Waals surface area contributed by atoms with Crippen molar-refractivity contribution >= 4 is 11.9 Å². The Hall–Kier alpha value is -2.44. The molecule has 1 aromatic carbocycles. The second kappa shape index (κ2) is 10.6. The standard InChI is InChI=1S/C20H34N4O3/c1-8-26-16-11-10-15(12-17(16)27-9-2)14(3)23-19(21-7)22-13-18(25)24-20(4,5)6/h10-12,14H,8-9,13H2,1-7H3,(H,24,25)(H2,21,22,23). The Labute approximate surface area is 162 Å². The zero-order valence-corrected chi connectivity index (χ0v) is 17.6. The van der Waals surface area contributed by atoms with Gasteiger partial charge in [0.2, 0.25) is 5.91 Å². The van der Waals surface area contributed by atoms with E-state index in [0.717, 1.165) is 17.1 Å². The average Bonchev–Trinajstić information content (AvgIpc) is 2.58. The molecule has 7 nitrogen and oxygen atoms in total. The number of nitrogens with one attached hydrogen (secondary N) is 3. The van der Waals surface area contributed by atoms with Gasteiger partial charge in [0, 0.05) is 12.6 Å². The van der Waals surface area contributed by atoms with Gasteiger partial charge in [0.1, 0.15) is 0 Å². The third-order valence-electron chi connectivity index (χ3n) is 3.58. The summed E-state index contributed by atoms with van der Waals surface area (Å²) in [6, 6.07) is 5.84. The molecule has 0 spiro atoms. The van der Waals surface area contributed by atoms with Gasteiger partial charge in [-0.25, -0.2) is 0 Å². The van der Waals surface area contributed by atoms with Crippen molar-refractivity contribution in [1.29, 1.82) is 0 Å². The van der Waals surface area contributed by atoms with Gasteiger partial charge in [-0.05, 0) is 59.2 Å². The van der Waals surface area contributed by atoms with Gasteiger partial charge in [-0.2, -0.15) is 0 Å². The van der Waals surface area contributed by atoms with Gasteiger partial charge in [0.15, 0.2) is 17.5 Å². The molecule has 0 aliphatic rings. The number of amides is 1. The highest BCUT2D eigenvalue weighted by molar-refractivity contribution is 5.86. The summed E-state index contributed by atoms with van der Waals surface area (Å²) >= 11 is 0. The molecule has 1 atom stereocenters. The van der Waals surface area contributed by atoms with E-state index in [2.05, 4.69) is 20.9 Å². The van der Waals surface area contributed by atoms with Crippen LogP contribution in [0.3, 0.4) is 0 Å². The van der Waals surface area contributed by atoms with Crippen LogP contribution in [0.1, 0.15) is 53.1 Å². The summed E-state index contributed by atoms with van der Waals surface area (Å²) in [6.07, 6.45) is 0. The van der Waals surface area contributed by atoms with Crippen LogP contribution in [-0.4, -0.2) is 44.2 Å². The lowest BCUT2D eigenvalue weighted by atomic mass is 10.1. The van der Waals surface area contributed by atoms with Crippen molar-refractivity contribution in [3.8, 4) is 11.5 Å². The number of nitrogens with zero attached hydrogens (tertiary/aromatic N) is 1. The van der Waals surface area contributed by atoms with Crippen molar-refractivity contribution in [3.05, 3.63) is 23.8 Å². The molecule has 1 aromatic rings. The number of hydrogen-bond donors (Lipinski definition) is 3. The summed E-state index contributed by atoms with van der Waals surface area (Å²) in [4.78, 5) is 16.1. The van der Waals surface area contributed by atoms with Crippen molar-refractivity contribution in [2.75, 3.05) is 26.8 Å². The molecule has 27 heavy (non-hydrogen) atoms. The van der Waals surface area contributed by atoms with Crippen LogP contribution in [0.15, 0.2) is 23.2 Å². The van der Waals surface area contributed by atoms with E-state index < -0.39 is 0 Å². The number of benzene rings is 1. The molecule has 152 valence electrons. The molecule has 1 amide bonds. The second-order valence-electron chi connectivity index (χ2n) is 7.16. The molecule has 0 saturated carbocycles. The first-order chi connectivity index (χ1) is 12.7. The van der Waals surface area contributed by atoms with E-state index in [1.165, 1.54) is 0 Å². The molecule has 0 radical (unpaired) electrons. The van der Waals surface area contributed by atoms with Gasteiger partial charge >= 0.3 is 0 Å². The second-order valence-corrected chi connectivity index (χ2v) is 7.16. The van der Waals surface area contributed by atoms with E-state index in [1.54, 1.807) is 7.05 Å². The average molecular weight is 379 g/mol. The van der Waals surface area contributed by atoms with Crippen LogP contribution in [0.4, 0.5) is 0 Å². The SMILES string of the molecule is CCOc1ccc(C(C)NC(=NC)NCC(=O)NC(C)(C)C)cc1OCC. The number of aliphatic imine (C=N–C) groups is 1. The zero-order chi connectivity index (χ0) is 20.4. The highest BCUT2D eigenvalue weighted by Gasteiger charge is 2.15. The normalized spacial score (nSPS) is 12.9. The quantitative estimate of drug-likeness (QED) is 0.478. The Morgan fingerprint density at radius 2 is 1.78 bits per heavy atom. The molecule has 1 rings (SSSR count). The lowest BCUT2D eigenvalue weighted by Gasteiger charge is -2.22. The summed E-state index contributed by atoms with van der Waals surface area (Å²) in [6.45, 7) is 13.0. The van der Waals surface area contributed by atoms with Crippen LogP contribution in [0.5, 0.6) is 11.5 Å². The number of hydrogen-bond acceptors (Lipinski definition) is 4. The Kier molecular flexibility index (Phi) is 8.91. The number of guanidine groups is 1. The molecule has 3 N–H and O–H groups in total. The van der Waals surface area contributed by atoms with E-state index in [9.17, 15) is 4.79 Å². The largest absolute Gasteiger partial charge is 0.490 e. The summed E-state index contributed by atoms with van der Waals surface area (Å²) in [5.74, 6) is 1.92. The molecule has 0 aromatic heterocycles. The Bertz CT molecular complexity index is 639. The highest BCUT2D eigenvalue weighted by Crippen LogP contribution is 2.30. The van der Waals surface area contributed by atoms with Crippen LogP contribution < -0.4 is 25.4 Å². The third kappa shape index (κ3) is 8.19. The fraction of sp³-hybridized carbons (Fsp3) is 0.600. The summed E-state index contributed by atoms with van der Waals surface area (Å²) in [7, 11) is 1.67. The van der Waals surface area contributed by atoms with Gasteiger partial charge in [-0.3, -0.25) is 9.79 Å². The maximum Gasteiger partial charge on any atom is 0.239 e. The lowest BCUT2D eigenvalue weighted by Crippen LogP contribution is -2.48. The Morgan fingerprint density at radius 1 is 1.15 bits per heavy atom. The highest BCUT2D eigenvalue weighted by atomic mass is 16.5. The number of rotatable bonds is 8.